The lowest BCUT2D eigenvalue weighted by Crippen LogP contribution is -2.39. The summed E-state index contributed by atoms with van der Waals surface area (Å²) >= 11 is 1.42. The summed E-state index contributed by atoms with van der Waals surface area (Å²) in [7, 11) is 0. The molecule has 0 fully saturated rings. The zero-order valence-corrected chi connectivity index (χ0v) is 10.7. The second-order valence-corrected chi connectivity index (χ2v) is 5.20. The Balaban J connectivity index is 2.38. The van der Waals surface area contributed by atoms with Crippen LogP contribution in [-0.4, -0.2) is 29.3 Å². The van der Waals surface area contributed by atoms with E-state index in [0.29, 0.717) is 5.69 Å². The maximum atomic E-state index is 11.7. The molecule has 1 unspecified atom stereocenters. The van der Waals surface area contributed by atoms with Gasteiger partial charge in [0, 0.05) is 10.9 Å². The van der Waals surface area contributed by atoms with Crippen LogP contribution in [-0.2, 0) is 9.59 Å². The maximum absolute atomic E-state index is 11.7. The van der Waals surface area contributed by atoms with Gasteiger partial charge >= 0.3 is 5.97 Å². The summed E-state index contributed by atoms with van der Waals surface area (Å²) in [6, 6.07) is 5.44. The van der Waals surface area contributed by atoms with Gasteiger partial charge in [-0.1, -0.05) is 6.07 Å². The summed E-state index contributed by atoms with van der Waals surface area (Å²) in [5.41, 5.74) is 7.44. The quantitative estimate of drug-likeness (QED) is 0.859. The molecule has 1 aliphatic heterocycles. The van der Waals surface area contributed by atoms with Crippen LogP contribution < -0.4 is 10.6 Å². The standard InChI is InChI=1S/C12H14N2O3S/c1-7(13)8-2-3-9-10(4-8)18-6-11(15)14(9)5-12(16)17/h2-4,7H,5-6,13H2,1H3,(H,16,17). The number of nitrogens with zero attached hydrogens (tertiary/aromatic N) is 1. The molecule has 1 aromatic rings. The first-order valence-corrected chi connectivity index (χ1v) is 6.52. The molecule has 6 heteroatoms. The summed E-state index contributed by atoms with van der Waals surface area (Å²) in [6.07, 6.45) is 0. The number of amides is 1. The molecule has 1 aliphatic rings. The van der Waals surface area contributed by atoms with Crippen molar-refractivity contribution in [3.05, 3.63) is 23.8 Å². The van der Waals surface area contributed by atoms with Crippen molar-refractivity contribution >= 4 is 29.3 Å². The van der Waals surface area contributed by atoms with Crippen molar-refractivity contribution < 1.29 is 14.7 Å². The van der Waals surface area contributed by atoms with Crippen LogP contribution in [0.15, 0.2) is 23.1 Å². The fourth-order valence-corrected chi connectivity index (χ4v) is 2.79. The van der Waals surface area contributed by atoms with Crippen LogP contribution in [0.1, 0.15) is 18.5 Å². The molecule has 1 amide bonds. The van der Waals surface area contributed by atoms with Gasteiger partial charge < -0.3 is 10.8 Å². The molecule has 0 aliphatic carbocycles. The molecule has 0 saturated heterocycles. The summed E-state index contributed by atoms with van der Waals surface area (Å²) in [5.74, 6) is -0.927. The second-order valence-electron chi connectivity index (χ2n) is 4.18. The van der Waals surface area contributed by atoms with Gasteiger partial charge in [0.1, 0.15) is 6.54 Å². The number of carbonyl (C=O) groups is 2. The number of carboxylic acids is 1. The molecule has 1 heterocycles. The van der Waals surface area contributed by atoms with E-state index < -0.39 is 5.97 Å². The predicted molar refractivity (Wildman–Crippen MR) is 69.8 cm³/mol. The third kappa shape index (κ3) is 2.49. The van der Waals surface area contributed by atoms with Crippen LogP contribution in [0, 0.1) is 0 Å². The van der Waals surface area contributed by atoms with Gasteiger partial charge in [0.2, 0.25) is 5.91 Å². The topological polar surface area (TPSA) is 83.6 Å². The van der Waals surface area contributed by atoms with Crippen LogP contribution in [0.3, 0.4) is 0 Å². The van der Waals surface area contributed by atoms with E-state index in [1.54, 1.807) is 6.07 Å². The average molecular weight is 266 g/mol. The Morgan fingerprint density at radius 3 is 2.94 bits per heavy atom. The van der Waals surface area contributed by atoms with E-state index in [4.69, 9.17) is 10.8 Å². The second kappa shape index (κ2) is 4.99. The third-order valence-corrected chi connectivity index (χ3v) is 3.78. The predicted octanol–water partition coefficient (Wildman–Crippen LogP) is 1.23. The third-order valence-electron chi connectivity index (χ3n) is 2.75. The molecule has 1 atom stereocenters. The molecule has 18 heavy (non-hydrogen) atoms. The Morgan fingerprint density at radius 2 is 2.33 bits per heavy atom. The highest BCUT2D eigenvalue weighted by Crippen LogP contribution is 2.36. The number of hydrogen-bond donors (Lipinski definition) is 2. The monoisotopic (exact) mass is 266 g/mol. The van der Waals surface area contributed by atoms with E-state index in [-0.39, 0.29) is 24.2 Å². The molecule has 0 radical (unpaired) electrons. The lowest BCUT2D eigenvalue weighted by atomic mass is 10.1. The number of nitrogens with two attached hydrogens (primary N) is 1. The van der Waals surface area contributed by atoms with Gasteiger partial charge in [0.05, 0.1) is 11.4 Å². The fraction of sp³-hybridized carbons (Fsp3) is 0.333. The Kier molecular flexibility index (Phi) is 3.58. The largest absolute Gasteiger partial charge is 0.480 e. The number of carboxylic acid groups (broad SMARTS) is 1. The molecule has 5 nitrogen and oxygen atoms in total. The smallest absolute Gasteiger partial charge is 0.323 e. The molecule has 1 aromatic carbocycles. The molecule has 2 rings (SSSR count). The fourth-order valence-electron chi connectivity index (χ4n) is 1.81. The first kappa shape index (κ1) is 12.9. The molecular formula is C12H14N2O3S. The van der Waals surface area contributed by atoms with Crippen LogP contribution in [0.2, 0.25) is 0 Å². The normalized spacial score (nSPS) is 16.3. The summed E-state index contributed by atoms with van der Waals surface area (Å²) in [4.78, 5) is 24.7. The minimum absolute atomic E-state index is 0.0820. The minimum atomic E-state index is -1.02. The van der Waals surface area contributed by atoms with Gasteiger partial charge in [0.15, 0.2) is 0 Å². The molecule has 0 bridgehead atoms. The van der Waals surface area contributed by atoms with E-state index in [1.807, 2.05) is 19.1 Å². The van der Waals surface area contributed by atoms with E-state index in [0.717, 1.165) is 10.5 Å². The van der Waals surface area contributed by atoms with Crippen LogP contribution in [0.25, 0.3) is 0 Å². The molecule has 0 aromatic heterocycles. The summed E-state index contributed by atoms with van der Waals surface area (Å²) in [6.45, 7) is 1.58. The zero-order valence-electron chi connectivity index (χ0n) is 9.92. The Labute approximate surface area is 109 Å². The molecule has 3 N–H and O–H groups in total. The van der Waals surface area contributed by atoms with Crippen molar-refractivity contribution in [2.24, 2.45) is 5.73 Å². The van der Waals surface area contributed by atoms with Gasteiger partial charge in [-0.2, -0.15) is 0 Å². The van der Waals surface area contributed by atoms with Crippen molar-refractivity contribution in [2.45, 2.75) is 17.9 Å². The SMILES string of the molecule is CC(N)c1ccc2c(c1)SCC(=O)N2CC(=O)O. The van der Waals surface area contributed by atoms with Crippen LogP contribution in [0.4, 0.5) is 5.69 Å². The van der Waals surface area contributed by atoms with Crippen molar-refractivity contribution in [3.63, 3.8) is 0 Å². The number of benzene rings is 1. The lowest BCUT2D eigenvalue weighted by molar-refractivity contribution is -0.136. The number of hydrogen-bond acceptors (Lipinski definition) is 4. The Hall–Kier alpha value is -1.53. The lowest BCUT2D eigenvalue weighted by Gasteiger charge is -2.28. The first-order valence-electron chi connectivity index (χ1n) is 5.53. The van der Waals surface area contributed by atoms with Crippen LogP contribution >= 0.6 is 11.8 Å². The maximum Gasteiger partial charge on any atom is 0.323 e. The van der Waals surface area contributed by atoms with Gasteiger partial charge in [-0.15, -0.1) is 11.8 Å². The first-order chi connectivity index (χ1) is 8.49. The number of anilines is 1. The van der Waals surface area contributed by atoms with Crippen molar-refractivity contribution in [1.82, 2.24) is 0 Å². The van der Waals surface area contributed by atoms with Gasteiger partial charge in [-0.3, -0.25) is 14.5 Å². The Morgan fingerprint density at radius 1 is 1.61 bits per heavy atom. The highest BCUT2D eigenvalue weighted by atomic mass is 32.2. The number of rotatable bonds is 3. The zero-order chi connectivity index (χ0) is 13.3. The van der Waals surface area contributed by atoms with Crippen LogP contribution in [0.5, 0.6) is 0 Å². The molecule has 96 valence electrons. The Bertz CT molecular complexity index is 502. The highest BCUT2D eigenvalue weighted by Gasteiger charge is 2.26. The van der Waals surface area contributed by atoms with E-state index in [9.17, 15) is 9.59 Å². The molecule has 0 saturated carbocycles. The van der Waals surface area contributed by atoms with E-state index >= 15 is 0 Å². The number of carbonyl (C=O) groups excluding carboxylic acids is 1. The summed E-state index contributed by atoms with van der Waals surface area (Å²) < 4.78 is 0. The minimum Gasteiger partial charge on any atom is -0.480 e. The molecular weight excluding hydrogens is 252 g/mol. The number of thioether (sulfide) groups is 1. The number of fused-ring (bicyclic) bond motifs is 1. The number of aliphatic carboxylic acids is 1. The average Bonchev–Trinajstić information content (AvgIpc) is 2.31. The van der Waals surface area contributed by atoms with E-state index in [2.05, 4.69) is 0 Å². The summed E-state index contributed by atoms with van der Waals surface area (Å²) in [5, 5.41) is 8.83. The van der Waals surface area contributed by atoms with E-state index in [1.165, 1.54) is 16.7 Å². The molecule has 0 spiro atoms. The van der Waals surface area contributed by atoms with Gasteiger partial charge in [-0.25, -0.2) is 0 Å². The van der Waals surface area contributed by atoms with Gasteiger partial charge in [0.25, 0.3) is 0 Å². The van der Waals surface area contributed by atoms with Crippen molar-refractivity contribution in [3.8, 4) is 0 Å². The highest BCUT2D eigenvalue weighted by molar-refractivity contribution is 8.00. The van der Waals surface area contributed by atoms with Crippen molar-refractivity contribution in [1.29, 1.82) is 0 Å². The van der Waals surface area contributed by atoms with Crippen molar-refractivity contribution in [2.75, 3.05) is 17.2 Å². The van der Waals surface area contributed by atoms with Gasteiger partial charge in [-0.05, 0) is 24.6 Å².